The average Bonchev–Trinajstić information content (AvgIpc) is 2.94. The Morgan fingerprint density at radius 1 is 1.43 bits per heavy atom. The van der Waals surface area contributed by atoms with Gasteiger partial charge in [-0.05, 0) is 18.6 Å². The van der Waals surface area contributed by atoms with Crippen LogP contribution in [0.3, 0.4) is 0 Å². The standard InChI is InChI=1S/C18H18FN3O/c1-13-7-17(15(8-20)9-21-13)22-10-16(18(19,11-22)12-23)14-5-3-2-4-6-14/h2-7,9,16,23H,10-12H2,1H3/t16-,18+/m0/s1. The number of hydrogen-bond donors (Lipinski definition) is 1. The molecule has 118 valence electrons. The van der Waals surface area contributed by atoms with E-state index in [-0.39, 0.29) is 6.54 Å². The maximum atomic E-state index is 15.3. The van der Waals surface area contributed by atoms with Crippen LogP contribution in [0.5, 0.6) is 0 Å². The zero-order valence-electron chi connectivity index (χ0n) is 12.9. The molecule has 1 fully saturated rings. The van der Waals surface area contributed by atoms with E-state index in [9.17, 15) is 10.4 Å². The lowest BCUT2D eigenvalue weighted by atomic mass is 9.87. The second kappa shape index (κ2) is 5.98. The third-order valence-electron chi connectivity index (χ3n) is 4.43. The van der Waals surface area contributed by atoms with Gasteiger partial charge in [-0.25, -0.2) is 4.39 Å². The number of nitriles is 1. The molecule has 4 nitrogen and oxygen atoms in total. The Kier molecular flexibility index (Phi) is 4.01. The molecule has 1 N–H and O–H groups in total. The van der Waals surface area contributed by atoms with Crippen LogP contribution in [0, 0.1) is 18.3 Å². The minimum absolute atomic E-state index is 0.0567. The van der Waals surface area contributed by atoms with Gasteiger partial charge in [0.1, 0.15) is 6.07 Å². The van der Waals surface area contributed by atoms with Crippen molar-refractivity contribution in [2.45, 2.75) is 18.5 Å². The molecule has 3 rings (SSSR count). The lowest BCUT2D eigenvalue weighted by Gasteiger charge is -2.24. The lowest BCUT2D eigenvalue weighted by molar-refractivity contribution is 0.0751. The van der Waals surface area contributed by atoms with Crippen molar-refractivity contribution in [3.8, 4) is 6.07 Å². The van der Waals surface area contributed by atoms with Gasteiger partial charge in [0, 0.05) is 24.4 Å². The molecular weight excluding hydrogens is 293 g/mol. The Morgan fingerprint density at radius 3 is 2.83 bits per heavy atom. The maximum Gasteiger partial charge on any atom is 0.159 e. The Labute approximate surface area is 134 Å². The molecule has 0 spiro atoms. The number of rotatable bonds is 3. The van der Waals surface area contributed by atoms with E-state index in [2.05, 4.69) is 11.1 Å². The van der Waals surface area contributed by atoms with E-state index in [0.717, 1.165) is 11.3 Å². The summed E-state index contributed by atoms with van der Waals surface area (Å²) in [4.78, 5) is 5.96. The first-order valence-electron chi connectivity index (χ1n) is 7.54. The van der Waals surface area contributed by atoms with Gasteiger partial charge in [-0.15, -0.1) is 0 Å². The van der Waals surface area contributed by atoms with Crippen molar-refractivity contribution in [3.63, 3.8) is 0 Å². The Hall–Kier alpha value is -2.45. The zero-order valence-corrected chi connectivity index (χ0v) is 12.9. The molecule has 1 saturated heterocycles. The largest absolute Gasteiger partial charge is 0.393 e. The van der Waals surface area contributed by atoms with E-state index in [0.29, 0.717) is 17.8 Å². The number of aliphatic hydroxyl groups excluding tert-OH is 1. The Balaban J connectivity index is 1.99. The van der Waals surface area contributed by atoms with Crippen molar-refractivity contribution in [2.75, 3.05) is 24.6 Å². The quantitative estimate of drug-likeness (QED) is 0.946. The predicted octanol–water partition coefficient (Wildman–Crippen LogP) is 2.57. The molecule has 2 atom stereocenters. The highest BCUT2D eigenvalue weighted by molar-refractivity contribution is 5.61. The lowest BCUT2D eigenvalue weighted by Crippen LogP contribution is -2.36. The zero-order chi connectivity index (χ0) is 16.4. The van der Waals surface area contributed by atoms with Gasteiger partial charge >= 0.3 is 0 Å². The summed E-state index contributed by atoms with van der Waals surface area (Å²) in [6.07, 6.45) is 1.51. The number of benzene rings is 1. The molecule has 1 aliphatic heterocycles. The average molecular weight is 311 g/mol. The van der Waals surface area contributed by atoms with Crippen molar-refractivity contribution >= 4 is 5.69 Å². The monoisotopic (exact) mass is 311 g/mol. The van der Waals surface area contributed by atoms with Crippen molar-refractivity contribution in [2.24, 2.45) is 0 Å². The highest BCUT2D eigenvalue weighted by Gasteiger charge is 2.48. The maximum absolute atomic E-state index is 15.3. The molecule has 0 unspecified atom stereocenters. The minimum Gasteiger partial charge on any atom is -0.393 e. The molecule has 0 saturated carbocycles. The number of anilines is 1. The number of alkyl halides is 1. The van der Waals surface area contributed by atoms with Crippen molar-refractivity contribution in [1.82, 2.24) is 4.98 Å². The van der Waals surface area contributed by atoms with Gasteiger partial charge in [-0.1, -0.05) is 30.3 Å². The summed E-state index contributed by atoms with van der Waals surface area (Å²) in [5, 5.41) is 18.9. The van der Waals surface area contributed by atoms with Gasteiger partial charge in [-0.3, -0.25) is 4.98 Å². The summed E-state index contributed by atoms with van der Waals surface area (Å²) in [5.41, 5.74) is 0.996. The van der Waals surface area contributed by atoms with Crippen LogP contribution in [-0.4, -0.2) is 35.5 Å². The highest BCUT2D eigenvalue weighted by atomic mass is 19.1. The number of pyridine rings is 1. The summed E-state index contributed by atoms with van der Waals surface area (Å²) < 4.78 is 15.3. The smallest absolute Gasteiger partial charge is 0.159 e. The molecule has 0 aliphatic carbocycles. The van der Waals surface area contributed by atoms with Gasteiger partial charge < -0.3 is 10.0 Å². The molecule has 0 amide bonds. The Bertz CT molecular complexity index is 744. The fraction of sp³-hybridized carbons (Fsp3) is 0.333. The Morgan fingerprint density at radius 2 is 2.17 bits per heavy atom. The van der Waals surface area contributed by atoms with Crippen molar-refractivity contribution in [1.29, 1.82) is 5.26 Å². The number of hydrogen-bond acceptors (Lipinski definition) is 4. The first-order valence-corrected chi connectivity index (χ1v) is 7.54. The summed E-state index contributed by atoms with van der Waals surface area (Å²) in [6.45, 7) is 1.76. The third-order valence-corrected chi connectivity index (χ3v) is 4.43. The molecule has 23 heavy (non-hydrogen) atoms. The first-order chi connectivity index (χ1) is 11.1. The SMILES string of the molecule is Cc1cc(N2C[C@@H](c3ccccc3)[C@](F)(CO)C2)c(C#N)cn1. The third kappa shape index (κ3) is 2.78. The van der Waals surface area contributed by atoms with E-state index >= 15 is 4.39 Å². The van der Waals surface area contributed by atoms with Crippen LogP contribution < -0.4 is 4.90 Å². The van der Waals surface area contributed by atoms with Crippen LogP contribution in [0.2, 0.25) is 0 Å². The molecule has 1 aromatic heterocycles. The molecule has 5 heteroatoms. The second-order valence-corrected chi connectivity index (χ2v) is 5.99. The topological polar surface area (TPSA) is 60.1 Å². The molecule has 0 bridgehead atoms. The second-order valence-electron chi connectivity index (χ2n) is 5.99. The highest BCUT2D eigenvalue weighted by Crippen LogP contribution is 2.41. The van der Waals surface area contributed by atoms with Crippen LogP contribution >= 0.6 is 0 Å². The minimum atomic E-state index is -1.73. The summed E-state index contributed by atoms with van der Waals surface area (Å²) in [6, 6.07) is 13.3. The van der Waals surface area contributed by atoms with E-state index in [1.807, 2.05) is 42.2 Å². The van der Waals surface area contributed by atoms with Crippen LogP contribution in [0.15, 0.2) is 42.6 Å². The van der Waals surface area contributed by atoms with Gasteiger partial charge in [-0.2, -0.15) is 5.26 Å². The van der Waals surface area contributed by atoms with Crippen LogP contribution in [-0.2, 0) is 0 Å². The molecule has 2 aromatic rings. The van der Waals surface area contributed by atoms with E-state index in [4.69, 9.17) is 0 Å². The molecule has 1 aromatic carbocycles. The fourth-order valence-electron chi connectivity index (χ4n) is 3.20. The van der Waals surface area contributed by atoms with E-state index in [1.54, 1.807) is 6.07 Å². The van der Waals surface area contributed by atoms with Gasteiger partial charge in [0.05, 0.1) is 24.4 Å². The van der Waals surface area contributed by atoms with Gasteiger partial charge in [0.15, 0.2) is 5.67 Å². The predicted molar refractivity (Wildman–Crippen MR) is 86.0 cm³/mol. The van der Waals surface area contributed by atoms with Crippen LogP contribution in [0.4, 0.5) is 10.1 Å². The number of aryl methyl sites for hydroxylation is 1. The summed E-state index contributed by atoms with van der Waals surface area (Å²) >= 11 is 0. The summed E-state index contributed by atoms with van der Waals surface area (Å²) in [5.74, 6) is -0.436. The normalized spacial score (nSPS) is 23.7. The molecular formula is C18H18FN3O. The first kappa shape index (κ1) is 15.4. The fourth-order valence-corrected chi connectivity index (χ4v) is 3.20. The van der Waals surface area contributed by atoms with Crippen molar-refractivity contribution in [3.05, 3.63) is 59.4 Å². The van der Waals surface area contributed by atoms with Gasteiger partial charge in [0.2, 0.25) is 0 Å². The number of halogens is 1. The molecule has 1 aliphatic rings. The van der Waals surface area contributed by atoms with Gasteiger partial charge in [0.25, 0.3) is 0 Å². The molecule has 0 radical (unpaired) electrons. The van der Waals surface area contributed by atoms with Crippen LogP contribution in [0.1, 0.15) is 22.7 Å². The van der Waals surface area contributed by atoms with E-state index < -0.39 is 18.2 Å². The summed E-state index contributed by atoms with van der Waals surface area (Å²) in [7, 11) is 0. The van der Waals surface area contributed by atoms with E-state index in [1.165, 1.54) is 6.20 Å². The number of aliphatic hydroxyl groups is 1. The number of nitrogens with zero attached hydrogens (tertiary/aromatic N) is 3. The molecule has 2 heterocycles. The van der Waals surface area contributed by atoms with Crippen molar-refractivity contribution < 1.29 is 9.50 Å². The van der Waals surface area contributed by atoms with Crippen LogP contribution in [0.25, 0.3) is 0 Å². The number of aromatic nitrogens is 1.